The van der Waals surface area contributed by atoms with Crippen LogP contribution in [0.3, 0.4) is 0 Å². The molecule has 0 unspecified atom stereocenters. The number of hydrogen-bond donors (Lipinski definition) is 0. The van der Waals surface area contributed by atoms with Crippen LogP contribution in [0.15, 0.2) is 0 Å². The number of carbonyl (C=O) groups is 2. The molecule has 0 aliphatic heterocycles. The summed E-state index contributed by atoms with van der Waals surface area (Å²) in [6.45, 7) is 2.36. The van der Waals surface area contributed by atoms with Gasteiger partial charge in [-0.05, 0) is 0 Å². The van der Waals surface area contributed by atoms with Gasteiger partial charge in [0.15, 0.2) is 0 Å². The van der Waals surface area contributed by atoms with E-state index in [1.54, 1.807) is 0 Å². The van der Waals surface area contributed by atoms with Crippen LogP contribution in [0, 0.1) is 0 Å². The Balaban J connectivity index is -0.0000000120. The Bertz CT molecular complexity index is 104. The van der Waals surface area contributed by atoms with E-state index < -0.39 is 11.9 Å². The minimum Gasteiger partial charge on any atom is -1.00 e. The third kappa shape index (κ3) is 17.6. The number of rotatable bonds is 0. The second-order valence-electron chi connectivity index (χ2n) is 1.09. The Kier molecular flexibility index (Phi) is 16.9. The molecule has 0 fully saturated rings. The van der Waals surface area contributed by atoms with E-state index in [4.69, 9.17) is 0 Å². The number of esters is 2. The standard InChI is InChI=1S/C4H6O3.Ca.Mg.4H/c1-3(5)7-4(2)6;;;;;;/h1-2H3;;;;;;/q;2*+2;4*-1. The molecule has 0 aromatic rings. The molecule has 0 saturated heterocycles. The van der Waals surface area contributed by atoms with Crippen LogP contribution in [0.25, 0.3) is 0 Å². The molecule has 0 saturated carbocycles. The maximum Gasteiger partial charge on any atom is 2.00 e. The van der Waals surface area contributed by atoms with E-state index in [0.717, 1.165) is 0 Å². The van der Waals surface area contributed by atoms with Gasteiger partial charge >= 0.3 is 72.7 Å². The van der Waals surface area contributed by atoms with Crippen molar-refractivity contribution in [3.05, 3.63) is 0 Å². The predicted molar refractivity (Wildman–Crippen MR) is 38.4 cm³/mol. The summed E-state index contributed by atoms with van der Waals surface area (Å²) in [7, 11) is 0. The van der Waals surface area contributed by atoms with Crippen LogP contribution < -0.4 is 0 Å². The molecule has 0 atom stereocenters. The van der Waals surface area contributed by atoms with Gasteiger partial charge in [-0.15, -0.1) is 0 Å². The number of hydrogen-bond acceptors (Lipinski definition) is 3. The van der Waals surface area contributed by atoms with Gasteiger partial charge in [0.05, 0.1) is 0 Å². The van der Waals surface area contributed by atoms with Crippen LogP contribution in [0.5, 0.6) is 0 Å². The van der Waals surface area contributed by atoms with Gasteiger partial charge in [0, 0.05) is 13.8 Å². The molecule has 0 aliphatic carbocycles. The van der Waals surface area contributed by atoms with Gasteiger partial charge in [-0.3, -0.25) is 9.59 Å². The van der Waals surface area contributed by atoms with Crippen molar-refractivity contribution < 1.29 is 20.0 Å². The molecule has 0 aromatic carbocycles. The van der Waals surface area contributed by atoms with Gasteiger partial charge in [-0.25, -0.2) is 0 Å². The maximum absolute atomic E-state index is 9.81. The third-order valence-electron chi connectivity index (χ3n) is 0.287. The fraction of sp³-hybridized carbons (Fsp3) is 0.500. The van der Waals surface area contributed by atoms with E-state index in [-0.39, 0.29) is 66.5 Å². The van der Waals surface area contributed by atoms with Gasteiger partial charge in [0.1, 0.15) is 0 Å². The second-order valence-corrected chi connectivity index (χ2v) is 1.09. The van der Waals surface area contributed by atoms with Gasteiger partial charge in [-0.2, -0.15) is 0 Å². The summed E-state index contributed by atoms with van der Waals surface area (Å²) in [6.07, 6.45) is 0. The van der Waals surface area contributed by atoms with Crippen LogP contribution in [-0.4, -0.2) is 72.7 Å². The first-order valence-electron chi connectivity index (χ1n) is 1.82. The van der Waals surface area contributed by atoms with E-state index in [1.807, 2.05) is 0 Å². The van der Waals surface area contributed by atoms with Crippen LogP contribution in [0.4, 0.5) is 0 Å². The summed E-state index contributed by atoms with van der Waals surface area (Å²) in [4.78, 5) is 19.6. The Hall–Kier alpha value is 1.17. The fourth-order valence-corrected chi connectivity index (χ4v) is 0.202. The maximum atomic E-state index is 9.81. The summed E-state index contributed by atoms with van der Waals surface area (Å²) in [5.41, 5.74) is 0. The SMILES string of the molecule is CC(=O)OC(C)=O.[Ca+2].[H-].[H-].[H-].[H-].[Mg+2]. The zero-order valence-electron chi connectivity index (χ0n) is 9.64. The van der Waals surface area contributed by atoms with Crippen LogP contribution in [-0.2, 0) is 14.3 Å². The summed E-state index contributed by atoms with van der Waals surface area (Å²) in [6, 6.07) is 0. The van der Waals surface area contributed by atoms with Crippen LogP contribution in [0.1, 0.15) is 19.6 Å². The molecular weight excluding hydrogens is 160 g/mol. The van der Waals surface area contributed by atoms with E-state index in [2.05, 4.69) is 4.74 Å². The average molecular weight is 171 g/mol. The first kappa shape index (κ1) is 16.6. The van der Waals surface area contributed by atoms with Crippen molar-refractivity contribution in [1.82, 2.24) is 0 Å². The zero-order valence-corrected chi connectivity index (χ0v) is 9.26. The van der Waals surface area contributed by atoms with Crippen molar-refractivity contribution in [1.29, 1.82) is 0 Å². The smallest absolute Gasteiger partial charge is 1.00 e. The molecule has 48 valence electrons. The molecule has 0 bridgehead atoms. The molecule has 0 amide bonds. The van der Waals surface area contributed by atoms with Crippen LogP contribution >= 0.6 is 0 Å². The van der Waals surface area contributed by atoms with Crippen molar-refractivity contribution in [2.24, 2.45) is 0 Å². The van der Waals surface area contributed by atoms with E-state index >= 15 is 0 Å². The Morgan fingerprint density at radius 3 is 1.44 bits per heavy atom. The van der Waals surface area contributed by atoms with Crippen LogP contribution in [0.2, 0.25) is 0 Å². The predicted octanol–water partition coefficient (Wildman–Crippen LogP) is -0.216. The van der Waals surface area contributed by atoms with Crippen molar-refractivity contribution >= 4 is 72.7 Å². The summed E-state index contributed by atoms with van der Waals surface area (Å²) in [5.74, 6) is -1.12. The Morgan fingerprint density at radius 1 is 1.22 bits per heavy atom. The second kappa shape index (κ2) is 9.17. The van der Waals surface area contributed by atoms with Gasteiger partial charge in [-0.1, -0.05) is 0 Å². The van der Waals surface area contributed by atoms with E-state index in [1.165, 1.54) is 13.8 Å². The normalized spacial score (nSPS) is 6.00. The molecule has 9 heavy (non-hydrogen) atoms. The molecule has 0 aliphatic rings. The molecule has 3 nitrogen and oxygen atoms in total. The monoisotopic (exact) mass is 170 g/mol. The van der Waals surface area contributed by atoms with Crippen molar-refractivity contribution in [2.75, 3.05) is 0 Å². The molecular formula is C4H10CaMgO3. The summed E-state index contributed by atoms with van der Waals surface area (Å²) < 4.78 is 3.97. The van der Waals surface area contributed by atoms with E-state index in [0.29, 0.717) is 0 Å². The average Bonchev–Trinajstić information content (AvgIpc) is 1.27. The molecule has 0 spiro atoms. The van der Waals surface area contributed by atoms with Crippen molar-refractivity contribution in [3.8, 4) is 0 Å². The molecule has 0 radical (unpaired) electrons. The molecule has 0 heterocycles. The Morgan fingerprint density at radius 2 is 1.44 bits per heavy atom. The number of ether oxygens (including phenoxy) is 1. The Labute approximate surface area is 106 Å². The third-order valence-corrected chi connectivity index (χ3v) is 0.287. The summed E-state index contributed by atoms with van der Waals surface area (Å²) >= 11 is 0. The topological polar surface area (TPSA) is 43.4 Å². The van der Waals surface area contributed by atoms with Crippen molar-refractivity contribution in [3.63, 3.8) is 0 Å². The molecule has 0 N–H and O–H groups in total. The van der Waals surface area contributed by atoms with Gasteiger partial charge in [0.25, 0.3) is 0 Å². The molecule has 0 aromatic heterocycles. The molecule has 5 heteroatoms. The zero-order chi connectivity index (χ0) is 5.86. The summed E-state index contributed by atoms with van der Waals surface area (Å²) in [5, 5.41) is 0. The largest absolute Gasteiger partial charge is 2.00 e. The quantitative estimate of drug-likeness (QED) is 0.287. The molecule has 0 rings (SSSR count). The number of carbonyl (C=O) groups excluding carboxylic acids is 2. The van der Waals surface area contributed by atoms with Crippen molar-refractivity contribution in [2.45, 2.75) is 13.8 Å². The minimum atomic E-state index is -0.562. The van der Waals surface area contributed by atoms with Gasteiger partial charge < -0.3 is 10.4 Å². The van der Waals surface area contributed by atoms with Gasteiger partial charge in [0.2, 0.25) is 0 Å². The minimum absolute atomic E-state index is 0. The first-order chi connectivity index (χ1) is 3.13. The first-order valence-corrected chi connectivity index (χ1v) is 1.82. The van der Waals surface area contributed by atoms with E-state index in [9.17, 15) is 9.59 Å². The fourth-order valence-electron chi connectivity index (χ4n) is 0.202.